The Morgan fingerprint density at radius 1 is 1.67 bits per heavy atom. The summed E-state index contributed by atoms with van der Waals surface area (Å²) < 4.78 is 22.5. The molecule has 5 nitrogen and oxygen atoms in total. The maximum absolute atomic E-state index is 13.2. The number of methoxy groups -OCH3 is 1. The molecule has 15 heavy (non-hydrogen) atoms. The van der Waals surface area contributed by atoms with Gasteiger partial charge in [-0.1, -0.05) is 0 Å². The summed E-state index contributed by atoms with van der Waals surface area (Å²) in [7, 11) is 1.26. The third-order valence-electron chi connectivity index (χ3n) is 1.66. The minimum atomic E-state index is -0.755. The fourth-order valence-electron chi connectivity index (χ4n) is 1.00. The Labute approximate surface area is 86.0 Å². The lowest BCUT2D eigenvalue weighted by atomic mass is 10.2. The number of carbonyl (C=O) groups is 1. The topological polar surface area (TPSA) is 74.4 Å². The van der Waals surface area contributed by atoms with Crippen LogP contribution in [0.15, 0.2) is 6.07 Å². The lowest BCUT2D eigenvalue weighted by molar-refractivity contribution is 0.0526. The summed E-state index contributed by atoms with van der Waals surface area (Å²) in [6.45, 7) is 1.83. The summed E-state index contributed by atoms with van der Waals surface area (Å²) in [6, 6.07) is 0.944. The monoisotopic (exact) mass is 214 g/mol. The number of carbonyl (C=O) groups excluding carboxylic acids is 1. The number of pyridine rings is 1. The van der Waals surface area contributed by atoms with Crippen LogP contribution in [0.25, 0.3) is 0 Å². The smallest absolute Gasteiger partial charge is 0.341 e. The molecule has 1 rings (SSSR count). The molecule has 0 aliphatic rings. The number of nitrogens with two attached hydrogens (primary N) is 1. The minimum absolute atomic E-state index is 0.102. The second kappa shape index (κ2) is 4.59. The maximum Gasteiger partial charge on any atom is 0.341 e. The van der Waals surface area contributed by atoms with Gasteiger partial charge in [-0.25, -0.2) is 9.18 Å². The Morgan fingerprint density at radius 3 is 2.87 bits per heavy atom. The van der Waals surface area contributed by atoms with Gasteiger partial charge in [-0.2, -0.15) is 4.98 Å². The first-order chi connectivity index (χ1) is 7.10. The first-order valence-electron chi connectivity index (χ1n) is 4.27. The number of aromatic nitrogens is 1. The van der Waals surface area contributed by atoms with E-state index in [0.717, 1.165) is 6.07 Å². The second-order valence-electron chi connectivity index (χ2n) is 2.63. The summed E-state index contributed by atoms with van der Waals surface area (Å²) in [5.41, 5.74) is 5.34. The van der Waals surface area contributed by atoms with Gasteiger partial charge in [0.1, 0.15) is 11.4 Å². The van der Waals surface area contributed by atoms with Gasteiger partial charge in [0.15, 0.2) is 5.82 Å². The number of esters is 1. The fraction of sp³-hybridized carbons (Fsp3) is 0.333. The van der Waals surface area contributed by atoms with Crippen molar-refractivity contribution in [3.05, 3.63) is 17.4 Å². The lowest BCUT2D eigenvalue weighted by Crippen LogP contribution is -2.11. The van der Waals surface area contributed by atoms with E-state index in [1.54, 1.807) is 6.92 Å². The molecule has 0 bridgehead atoms. The molecule has 0 aliphatic heterocycles. The average molecular weight is 214 g/mol. The number of anilines is 1. The number of halogens is 1. The van der Waals surface area contributed by atoms with Gasteiger partial charge in [-0.05, 0) is 13.0 Å². The number of rotatable bonds is 3. The Hall–Kier alpha value is -1.85. The summed E-state index contributed by atoms with van der Waals surface area (Å²) in [4.78, 5) is 14.8. The molecule has 1 heterocycles. The van der Waals surface area contributed by atoms with Crippen LogP contribution in [0.5, 0.6) is 5.88 Å². The molecule has 0 saturated heterocycles. The van der Waals surface area contributed by atoms with Crippen LogP contribution >= 0.6 is 0 Å². The normalized spacial score (nSPS) is 9.80. The molecule has 0 unspecified atom stereocenters. The van der Waals surface area contributed by atoms with Crippen LogP contribution < -0.4 is 10.5 Å². The Bertz CT molecular complexity index is 382. The largest absolute Gasteiger partial charge is 0.479 e. The first kappa shape index (κ1) is 11.2. The average Bonchev–Trinajstić information content (AvgIpc) is 2.21. The molecule has 1 aromatic heterocycles. The molecular weight excluding hydrogens is 203 g/mol. The van der Waals surface area contributed by atoms with Crippen LogP contribution in [-0.4, -0.2) is 24.7 Å². The van der Waals surface area contributed by atoms with Crippen LogP contribution in [-0.2, 0) is 4.74 Å². The predicted octanol–water partition coefficient (Wildman–Crippen LogP) is 0.988. The highest BCUT2D eigenvalue weighted by atomic mass is 19.1. The number of nitrogen functional groups attached to an aromatic ring is 1. The van der Waals surface area contributed by atoms with Gasteiger partial charge >= 0.3 is 5.97 Å². The van der Waals surface area contributed by atoms with Crippen LogP contribution in [0, 0.1) is 5.82 Å². The molecular formula is C9H11FN2O3. The van der Waals surface area contributed by atoms with E-state index < -0.39 is 11.8 Å². The first-order valence-corrected chi connectivity index (χ1v) is 4.27. The predicted molar refractivity (Wildman–Crippen MR) is 51.1 cm³/mol. The molecule has 6 heteroatoms. The van der Waals surface area contributed by atoms with Crippen molar-refractivity contribution >= 4 is 11.8 Å². The summed E-state index contributed by atoms with van der Waals surface area (Å²) >= 11 is 0. The lowest BCUT2D eigenvalue weighted by Gasteiger charge is -2.06. The molecule has 0 radical (unpaired) electrons. The van der Waals surface area contributed by atoms with Gasteiger partial charge in [0.05, 0.1) is 13.7 Å². The molecule has 0 atom stereocenters. The molecule has 0 aliphatic carbocycles. The van der Waals surface area contributed by atoms with Gasteiger partial charge in [0.2, 0.25) is 0 Å². The van der Waals surface area contributed by atoms with E-state index in [1.807, 2.05) is 0 Å². The molecule has 82 valence electrons. The Morgan fingerprint density at radius 2 is 2.33 bits per heavy atom. The van der Waals surface area contributed by atoms with Gasteiger partial charge in [-0.3, -0.25) is 0 Å². The highest BCUT2D eigenvalue weighted by Crippen LogP contribution is 2.20. The van der Waals surface area contributed by atoms with Crippen molar-refractivity contribution in [1.29, 1.82) is 0 Å². The van der Waals surface area contributed by atoms with Crippen LogP contribution in [0.4, 0.5) is 10.2 Å². The third-order valence-corrected chi connectivity index (χ3v) is 1.66. The maximum atomic E-state index is 13.2. The SMILES string of the molecule is CCOC(=O)c1cc(F)c(OC)nc1N. The third kappa shape index (κ3) is 2.34. The second-order valence-corrected chi connectivity index (χ2v) is 2.63. The zero-order valence-corrected chi connectivity index (χ0v) is 8.41. The molecule has 2 N–H and O–H groups in total. The van der Waals surface area contributed by atoms with Crippen molar-refractivity contribution in [2.75, 3.05) is 19.5 Å². The number of nitrogens with zero attached hydrogens (tertiary/aromatic N) is 1. The van der Waals surface area contributed by atoms with E-state index in [9.17, 15) is 9.18 Å². The Balaban J connectivity index is 3.10. The van der Waals surface area contributed by atoms with Gasteiger partial charge < -0.3 is 15.2 Å². The van der Waals surface area contributed by atoms with E-state index in [0.29, 0.717) is 0 Å². The van der Waals surface area contributed by atoms with Crippen molar-refractivity contribution in [2.24, 2.45) is 0 Å². The molecule has 0 fully saturated rings. The van der Waals surface area contributed by atoms with Crippen LogP contribution in [0.2, 0.25) is 0 Å². The number of hydrogen-bond acceptors (Lipinski definition) is 5. The van der Waals surface area contributed by atoms with Gasteiger partial charge in [-0.15, -0.1) is 0 Å². The minimum Gasteiger partial charge on any atom is -0.479 e. The van der Waals surface area contributed by atoms with Gasteiger partial charge in [0, 0.05) is 0 Å². The van der Waals surface area contributed by atoms with E-state index >= 15 is 0 Å². The quantitative estimate of drug-likeness (QED) is 0.759. The van der Waals surface area contributed by atoms with Gasteiger partial charge in [0.25, 0.3) is 5.88 Å². The molecule has 0 spiro atoms. The molecule has 0 aromatic carbocycles. The van der Waals surface area contributed by atoms with E-state index in [2.05, 4.69) is 14.5 Å². The molecule has 0 amide bonds. The zero-order valence-electron chi connectivity index (χ0n) is 8.41. The number of ether oxygens (including phenoxy) is 2. The standard InChI is InChI=1S/C9H11FN2O3/c1-3-15-9(13)5-4-6(10)8(14-2)12-7(5)11/h4H,3H2,1-2H3,(H2,11,12). The summed E-state index contributed by atoms with van der Waals surface area (Å²) in [6.07, 6.45) is 0. The molecule has 1 aromatic rings. The highest BCUT2D eigenvalue weighted by molar-refractivity contribution is 5.94. The summed E-state index contributed by atoms with van der Waals surface area (Å²) in [5, 5.41) is 0. The van der Waals surface area contributed by atoms with Crippen LogP contribution in [0.1, 0.15) is 17.3 Å². The highest BCUT2D eigenvalue weighted by Gasteiger charge is 2.16. The van der Waals surface area contributed by atoms with E-state index in [1.165, 1.54) is 7.11 Å². The molecule has 0 saturated carbocycles. The summed E-state index contributed by atoms with van der Waals surface area (Å²) in [5.74, 6) is -1.83. The van der Waals surface area contributed by atoms with Crippen molar-refractivity contribution in [2.45, 2.75) is 6.92 Å². The number of hydrogen-bond donors (Lipinski definition) is 1. The zero-order chi connectivity index (χ0) is 11.4. The van der Waals surface area contributed by atoms with Crippen molar-refractivity contribution in [1.82, 2.24) is 4.98 Å². The van der Waals surface area contributed by atoms with Crippen LogP contribution in [0.3, 0.4) is 0 Å². The van der Waals surface area contributed by atoms with E-state index in [4.69, 9.17) is 5.73 Å². The Kier molecular flexibility index (Phi) is 3.43. The van der Waals surface area contributed by atoms with Crippen molar-refractivity contribution in [3.63, 3.8) is 0 Å². The van der Waals surface area contributed by atoms with Crippen molar-refractivity contribution in [3.8, 4) is 5.88 Å². The van der Waals surface area contributed by atoms with Crippen molar-refractivity contribution < 1.29 is 18.7 Å². The van der Waals surface area contributed by atoms with E-state index in [-0.39, 0.29) is 23.9 Å². The fourth-order valence-corrected chi connectivity index (χ4v) is 1.00.